The quantitative estimate of drug-likeness (QED) is 0.637. The Morgan fingerprint density at radius 2 is 1.82 bits per heavy atom. The predicted octanol–water partition coefficient (Wildman–Crippen LogP) is 4.78. The summed E-state index contributed by atoms with van der Waals surface area (Å²) >= 11 is 7.66. The zero-order chi connectivity index (χ0) is 12.3. The van der Waals surface area contributed by atoms with Crippen LogP contribution in [0.25, 0.3) is 0 Å². The van der Waals surface area contributed by atoms with E-state index in [4.69, 9.17) is 17.3 Å². The highest BCUT2D eigenvalue weighted by molar-refractivity contribution is 7.99. The van der Waals surface area contributed by atoms with Crippen molar-refractivity contribution in [1.29, 1.82) is 0 Å². The smallest absolute Gasteiger partial charge is 0.0406 e. The number of nitrogen functional groups attached to an aromatic ring is 1. The van der Waals surface area contributed by atoms with Gasteiger partial charge in [-0.1, -0.05) is 23.7 Å². The lowest BCUT2D eigenvalue weighted by molar-refractivity contribution is 1.10. The van der Waals surface area contributed by atoms with Crippen LogP contribution < -0.4 is 5.73 Å². The Morgan fingerprint density at radius 3 is 2.47 bits per heavy atom. The number of rotatable bonds is 3. The molecule has 0 heterocycles. The molecule has 2 aromatic rings. The Balaban J connectivity index is 2.11. The number of anilines is 1. The molecule has 0 radical (unpaired) electrons. The number of nitrogens with two attached hydrogens (primary N) is 1. The largest absolute Gasteiger partial charge is 0.399 e. The van der Waals surface area contributed by atoms with Crippen molar-refractivity contribution in [1.82, 2.24) is 0 Å². The van der Waals surface area contributed by atoms with E-state index in [-0.39, 0.29) is 0 Å². The molecule has 17 heavy (non-hydrogen) atoms. The van der Waals surface area contributed by atoms with Gasteiger partial charge in [0.15, 0.2) is 0 Å². The molecule has 88 valence electrons. The molecule has 2 rings (SSSR count). The summed E-state index contributed by atoms with van der Waals surface area (Å²) in [5.74, 6) is 0. The fourth-order valence-corrected chi connectivity index (χ4v) is 2.71. The molecular formula is C14H14ClNS. The highest BCUT2D eigenvalue weighted by Crippen LogP contribution is 2.35. The molecule has 0 aromatic heterocycles. The summed E-state index contributed by atoms with van der Waals surface area (Å²) in [5, 5.41) is 1.14. The summed E-state index contributed by atoms with van der Waals surface area (Å²) in [6.45, 7) is 2.17. The minimum absolute atomic E-state index is 0.375. The average Bonchev–Trinajstić information content (AvgIpc) is 2.32. The number of thioether (sulfide) groups is 1. The molecular weight excluding hydrogens is 250 g/mol. The second-order valence-corrected chi connectivity index (χ2v) is 5.73. The Kier molecular flexibility index (Phi) is 3.97. The second kappa shape index (κ2) is 5.48. The number of hydrogen-bond donors (Lipinski definition) is 1. The molecule has 0 aliphatic carbocycles. The van der Waals surface area contributed by atoms with E-state index in [2.05, 4.69) is 13.0 Å². The molecule has 2 aromatic carbocycles. The van der Waals surface area contributed by atoms with Crippen LogP contribution in [-0.4, -0.2) is 0 Å². The van der Waals surface area contributed by atoms with Crippen LogP contribution in [0.2, 0.25) is 5.02 Å². The minimum Gasteiger partial charge on any atom is -0.399 e. The Bertz CT molecular complexity index is 496. The summed E-state index contributed by atoms with van der Waals surface area (Å²) in [7, 11) is 0. The van der Waals surface area contributed by atoms with Gasteiger partial charge in [0.25, 0.3) is 0 Å². The molecule has 3 heteroatoms. The van der Waals surface area contributed by atoms with Gasteiger partial charge in [-0.25, -0.2) is 0 Å². The molecule has 0 aliphatic rings. The zero-order valence-electron chi connectivity index (χ0n) is 9.56. The fourth-order valence-electron chi connectivity index (χ4n) is 1.60. The van der Waals surface area contributed by atoms with E-state index in [0.717, 1.165) is 10.7 Å². The average molecular weight is 264 g/mol. The van der Waals surface area contributed by atoms with Gasteiger partial charge in [0, 0.05) is 20.9 Å². The lowest BCUT2D eigenvalue weighted by Crippen LogP contribution is -1.91. The monoisotopic (exact) mass is 263 g/mol. The third-order valence-electron chi connectivity index (χ3n) is 2.51. The second-order valence-electron chi connectivity index (χ2n) is 3.88. The van der Waals surface area contributed by atoms with Gasteiger partial charge in [-0.05, 0) is 48.9 Å². The van der Waals surface area contributed by atoms with Crippen molar-refractivity contribution in [3.8, 4) is 0 Å². The lowest BCUT2D eigenvalue weighted by atomic mass is 10.1. The molecule has 0 fully saturated rings. The van der Waals surface area contributed by atoms with Gasteiger partial charge in [-0.3, -0.25) is 0 Å². The Hall–Kier alpha value is -1.12. The van der Waals surface area contributed by atoms with Crippen molar-refractivity contribution in [3.63, 3.8) is 0 Å². The van der Waals surface area contributed by atoms with Gasteiger partial charge in [-0.15, -0.1) is 11.8 Å². The number of hydrogen-bond acceptors (Lipinski definition) is 2. The molecule has 0 amide bonds. The van der Waals surface area contributed by atoms with E-state index in [1.807, 2.05) is 42.5 Å². The standard InChI is InChI=1S/C14H14ClNS/c1-10(11-3-2-4-13(16)9-11)17-14-7-5-12(15)6-8-14/h2-10H,16H2,1H3. The molecule has 0 saturated carbocycles. The van der Waals surface area contributed by atoms with E-state index in [1.165, 1.54) is 10.5 Å². The van der Waals surface area contributed by atoms with E-state index in [1.54, 1.807) is 11.8 Å². The van der Waals surface area contributed by atoms with Crippen LogP contribution in [0.3, 0.4) is 0 Å². The summed E-state index contributed by atoms with van der Waals surface area (Å²) in [6, 6.07) is 15.9. The van der Waals surface area contributed by atoms with Crippen LogP contribution in [0.4, 0.5) is 5.69 Å². The molecule has 1 unspecified atom stereocenters. The van der Waals surface area contributed by atoms with Crippen molar-refractivity contribution in [2.24, 2.45) is 0 Å². The lowest BCUT2D eigenvalue weighted by Gasteiger charge is -2.12. The topological polar surface area (TPSA) is 26.0 Å². The van der Waals surface area contributed by atoms with Crippen LogP contribution in [0.15, 0.2) is 53.4 Å². The molecule has 0 aliphatic heterocycles. The minimum atomic E-state index is 0.375. The van der Waals surface area contributed by atoms with Crippen LogP contribution in [0, 0.1) is 0 Å². The number of halogens is 1. The van der Waals surface area contributed by atoms with Crippen molar-refractivity contribution in [3.05, 3.63) is 59.1 Å². The molecule has 0 bridgehead atoms. The third kappa shape index (κ3) is 3.42. The van der Waals surface area contributed by atoms with Gasteiger partial charge < -0.3 is 5.73 Å². The van der Waals surface area contributed by atoms with Gasteiger partial charge in [0.05, 0.1) is 0 Å². The summed E-state index contributed by atoms with van der Waals surface area (Å²) in [5.41, 5.74) is 7.83. The summed E-state index contributed by atoms with van der Waals surface area (Å²) in [6.07, 6.45) is 0. The molecule has 1 nitrogen and oxygen atoms in total. The SMILES string of the molecule is CC(Sc1ccc(Cl)cc1)c1cccc(N)c1. The van der Waals surface area contributed by atoms with E-state index < -0.39 is 0 Å². The van der Waals surface area contributed by atoms with E-state index >= 15 is 0 Å². The Labute approximate surface area is 111 Å². The van der Waals surface area contributed by atoms with Crippen LogP contribution >= 0.6 is 23.4 Å². The third-order valence-corrected chi connectivity index (χ3v) is 3.93. The van der Waals surface area contributed by atoms with Gasteiger partial charge in [0.2, 0.25) is 0 Å². The van der Waals surface area contributed by atoms with Crippen LogP contribution in [-0.2, 0) is 0 Å². The predicted molar refractivity (Wildman–Crippen MR) is 76.6 cm³/mol. The van der Waals surface area contributed by atoms with Gasteiger partial charge >= 0.3 is 0 Å². The van der Waals surface area contributed by atoms with Crippen molar-refractivity contribution in [2.75, 3.05) is 5.73 Å². The molecule has 2 N–H and O–H groups in total. The molecule has 0 saturated heterocycles. The first-order valence-corrected chi connectivity index (χ1v) is 6.68. The van der Waals surface area contributed by atoms with Gasteiger partial charge in [0.1, 0.15) is 0 Å². The zero-order valence-corrected chi connectivity index (χ0v) is 11.1. The Morgan fingerprint density at radius 1 is 1.12 bits per heavy atom. The summed E-state index contributed by atoms with van der Waals surface area (Å²) < 4.78 is 0. The van der Waals surface area contributed by atoms with Crippen molar-refractivity contribution < 1.29 is 0 Å². The highest BCUT2D eigenvalue weighted by atomic mass is 35.5. The normalized spacial score (nSPS) is 12.4. The maximum absolute atomic E-state index is 5.86. The molecule has 0 spiro atoms. The van der Waals surface area contributed by atoms with Crippen molar-refractivity contribution >= 4 is 29.1 Å². The maximum Gasteiger partial charge on any atom is 0.0406 e. The van der Waals surface area contributed by atoms with Crippen molar-refractivity contribution in [2.45, 2.75) is 17.1 Å². The van der Waals surface area contributed by atoms with E-state index in [9.17, 15) is 0 Å². The highest BCUT2D eigenvalue weighted by Gasteiger charge is 2.07. The van der Waals surface area contributed by atoms with Gasteiger partial charge in [-0.2, -0.15) is 0 Å². The molecule has 1 atom stereocenters. The summed E-state index contributed by atoms with van der Waals surface area (Å²) in [4.78, 5) is 1.21. The first-order chi connectivity index (χ1) is 8.15. The van der Waals surface area contributed by atoms with Crippen LogP contribution in [0.5, 0.6) is 0 Å². The first-order valence-electron chi connectivity index (χ1n) is 5.43. The first kappa shape index (κ1) is 12.3. The number of benzene rings is 2. The maximum atomic E-state index is 5.86. The fraction of sp³-hybridized carbons (Fsp3) is 0.143. The van der Waals surface area contributed by atoms with Crippen LogP contribution in [0.1, 0.15) is 17.7 Å². The van der Waals surface area contributed by atoms with E-state index in [0.29, 0.717) is 5.25 Å².